The summed E-state index contributed by atoms with van der Waals surface area (Å²) in [5.74, 6) is -0.0319. The summed E-state index contributed by atoms with van der Waals surface area (Å²) >= 11 is 6.37. The molecule has 2 saturated heterocycles. The zero-order valence-electron chi connectivity index (χ0n) is 30.0. The lowest BCUT2D eigenvalue weighted by Gasteiger charge is -2.44. The molecule has 276 valence electrons. The Morgan fingerprint density at radius 1 is 1.00 bits per heavy atom. The number of piperazine rings is 1. The van der Waals surface area contributed by atoms with Crippen molar-refractivity contribution in [3.63, 3.8) is 0 Å². The van der Waals surface area contributed by atoms with Crippen molar-refractivity contribution in [1.82, 2.24) is 14.9 Å². The molecular weight excluding hydrogens is 684 g/mol. The summed E-state index contributed by atoms with van der Waals surface area (Å²) in [6, 6.07) is 12.2. The Labute approximate surface area is 308 Å². The van der Waals surface area contributed by atoms with Crippen molar-refractivity contribution in [1.29, 1.82) is 0 Å². The van der Waals surface area contributed by atoms with Gasteiger partial charge < -0.3 is 15.0 Å². The lowest BCUT2D eigenvalue weighted by molar-refractivity contribution is -0.122. The van der Waals surface area contributed by atoms with E-state index < -0.39 is 21.2 Å². The number of halogens is 1. The van der Waals surface area contributed by atoms with E-state index >= 15 is 0 Å². The molecule has 1 spiro atoms. The number of hydrogen-bond acceptors (Lipinski definition) is 8. The number of rotatable bonds is 0. The molecule has 11 heteroatoms. The average molecular weight is 737 g/mol. The molecule has 0 radical (unpaired) electrons. The fraction of sp³-hybridized carbons (Fsp3) is 0.600. The van der Waals surface area contributed by atoms with Gasteiger partial charge in [0.15, 0.2) is 5.78 Å². The number of anilines is 1. The topological polar surface area (TPSA) is 108 Å². The summed E-state index contributed by atoms with van der Waals surface area (Å²) in [7, 11) is -3.93. The lowest BCUT2D eigenvalue weighted by atomic mass is 9.68. The van der Waals surface area contributed by atoms with Crippen molar-refractivity contribution in [2.75, 3.05) is 50.8 Å². The normalized spacial score (nSPS) is 32.7. The Morgan fingerprint density at radius 2 is 1.86 bits per heavy atom. The summed E-state index contributed by atoms with van der Waals surface area (Å²) in [4.78, 5) is 31.4. The van der Waals surface area contributed by atoms with Gasteiger partial charge in [-0.15, -0.1) is 0 Å². The van der Waals surface area contributed by atoms with Crippen LogP contribution in [-0.2, 0) is 26.7 Å². The molecule has 2 aromatic rings. The highest BCUT2D eigenvalue weighted by atomic mass is 35.5. The Morgan fingerprint density at radius 3 is 2.67 bits per heavy atom. The van der Waals surface area contributed by atoms with E-state index in [1.54, 1.807) is 37.3 Å². The molecule has 1 amide bonds. The Balaban J connectivity index is 0.000000347. The third-order valence-electron chi connectivity index (χ3n) is 12.6. The molecule has 4 heterocycles. The number of benzene rings is 2. The fourth-order valence-corrected chi connectivity index (χ4v) is 10.6. The predicted molar refractivity (Wildman–Crippen MR) is 202 cm³/mol. The number of ketones is 1. The summed E-state index contributed by atoms with van der Waals surface area (Å²) in [6.45, 7) is 10.3. The number of nitrogens with one attached hydrogen (secondary N) is 2. The highest BCUT2D eigenvalue weighted by molar-refractivity contribution is 7.90. The zero-order valence-corrected chi connectivity index (χ0v) is 31.6. The van der Waals surface area contributed by atoms with E-state index in [0.717, 1.165) is 48.9 Å². The number of ether oxygens (including phenoxy) is 1. The number of piperidine rings is 1. The van der Waals surface area contributed by atoms with Gasteiger partial charge in [-0.05, 0) is 124 Å². The van der Waals surface area contributed by atoms with Gasteiger partial charge in [-0.2, -0.15) is 0 Å². The first kappa shape index (κ1) is 36.4. The first-order valence-electron chi connectivity index (χ1n) is 19.0. The summed E-state index contributed by atoms with van der Waals surface area (Å²) in [5, 5.41) is 3.36. The van der Waals surface area contributed by atoms with Crippen LogP contribution in [0.15, 0.2) is 48.6 Å². The first-order chi connectivity index (χ1) is 24.5. The monoisotopic (exact) mass is 736 g/mol. The smallest absolute Gasteiger partial charge is 0.264 e. The molecule has 3 fully saturated rings. The van der Waals surface area contributed by atoms with Crippen molar-refractivity contribution in [2.45, 2.75) is 88.3 Å². The maximum Gasteiger partial charge on any atom is 0.264 e. The quantitative estimate of drug-likeness (QED) is 0.345. The predicted octanol–water partition coefficient (Wildman–Crippen LogP) is 5.90. The van der Waals surface area contributed by atoms with Crippen LogP contribution in [0.2, 0.25) is 5.02 Å². The molecule has 9 nitrogen and oxygen atoms in total. The second kappa shape index (κ2) is 15.2. The second-order valence-electron chi connectivity index (χ2n) is 15.8. The maximum atomic E-state index is 13.3. The highest BCUT2D eigenvalue weighted by Crippen LogP contribution is 2.46. The van der Waals surface area contributed by atoms with Gasteiger partial charge in [-0.3, -0.25) is 14.5 Å². The van der Waals surface area contributed by atoms with Crippen molar-refractivity contribution < 1.29 is 22.7 Å². The van der Waals surface area contributed by atoms with Crippen LogP contribution in [0, 0.1) is 17.8 Å². The van der Waals surface area contributed by atoms with Crippen molar-refractivity contribution >= 4 is 39.0 Å². The molecular formula is C40H53ClN4O5S. The Bertz CT molecular complexity index is 1740. The molecule has 8 rings (SSSR count). The van der Waals surface area contributed by atoms with Crippen molar-refractivity contribution in [3.05, 3.63) is 70.3 Å². The second-order valence-corrected chi connectivity index (χ2v) is 18.3. The number of fused-ring (bicyclic) bond motifs is 5. The third kappa shape index (κ3) is 7.75. The Hall–Kier alpha value is -2.92. The SMILES string of the molecule is C1CCN2CCNC[C@@H]2C1.C[C@@H]1[C@@H](C)C/C=C/C(=O)[C@@H]2CC[C@H]2CN2C[C@@]3(CCCc4cc(Cl)ccc43)COc3ccc(cc32)C(=O)NS1(=O)=O. The standard InChI is InChI=1S/C32H37ClN2O5S.C8H16N2/c1-20-5-3-7-29(36)26-11-8-24(26)17-35-18-32(14-4-6-22-15-25(33)10-12-27(22)32)19-40-30-13-9-23(16-28(30)35)31(37)34-41(38,39)21(20)2;1-2-5-10-6-4-9-7-8(10)3-1/h3,7,9-10,12-13,15-16,20-21,24,26H,4-6,8,11,14,17-19H2,1-2H3,(H,34,37);8-9H,1-7H2/b7-3+;/t20-,21+,24-,26+,32-;8-/m00/s1. The van der Waals surface area contributed by atoms with Gasteiger partial charge in [-0.1, -0.05) is 37.1 Å². The van der Waals surface area contributed by atoms with Gasteiger partial charge >= 0.3 is 0 Å². The van der Waals surface area contributed by atoms with E-state index in [4.69, 9.17) is 16.3 Å². The van der Waals surface area contributed by atoms with Gasteiger partial charge in [0.25, 0.3) is 5.91 Å². The van der Waals surface area contributed by atoms with Gasteiger partial charge in [0.05, 0.1) is 17.5 Å². The molecule has 2 aromatic carbocycles. The van der Waals surface area contributed by atoms with E-state index in [9.17, 15) is 18.0 Å². The molecule has 0 unspecified atom stereocenters. The van der Waals surface area contributed by atoms with Crippen LogP contribution in [0.5, 0.6) is 5.75 Å². The third-order valence-corrected chi connectivity index (χ3v) is 14.7. The number of carbonyl (C=O) groups excluding carboxylic acids is 2. The van der Waals surface area contributed by atoms with Crippen LogP contribution in [0.25, 0.3) is 0 Å². The molecule has 6 atom stereocenters. The molecule has 2 N–H and O–H groups in total. The summed E-state index contributed by atoms with van der Waals surface area (Å²) < 4.78 is 35.0. The largest absolute Gasteiger partial charge is 0.490 e. The molecule has 0 aromatic heterocycles. The molecule has 2 bridgehead atoms. The highest BCUT2D eigenvalue weighted by Gasteiger charge is 2.44. The van der Waals surface area contributed by atoms with Crippen LogP contribution < -0.4 is 19.7 Å². The van der Waals surface area contributed by atoms with Gasteiger partial charge in [0.1, 0.15) is 5.75 Å². The molecule has 2 aliphatic carbocycles. The van der Waals surface area contributed by atoms with Gasteiger partial charge in [-0.25, -0.2) is 13.1 Å². The maximum absolute atomic E-state index is 13.3. The minimum Gasteiger partial charge on any atom is -0.490 e. The fourth-order valence-electron chi connectivity index (χ4n) is 9.08. The van der Waals surface area contributed by atoms with Crippen molar-refractivity contribution in [2.24, 2.45) is 17.8 Å². The Kier molecular flexibility index (Phi) is 10.9. The van der Waals surface area contributed by atoms with Crippen molar-refractivity contribution in [3.8, 4) is 5.75 Å². The first-order valence-corrected chi connectivity index (χ1v) is 21.0. The van der Waals surface area contributed by atoms with Crippen LogP contribution in [0.3, 0.4) is 0 Å². The number of sulfonamides is 1. The zero-order chi connectivity index (χ0) is 35.8. The average Bonchev–Trinajstić information content (AvgIpc) is 3.26. The van der Waals surface area contributed by atoms with E-state index in [1.807, 2.05) is 13.0 Å². The lowest BCUT2D eigenvalue weighted by Crippen LogP contribution is -2.53. The summed E-state index contributed by atoms with van der Waals surface area (Å²) in [6.07, 6.45) is 12.9. The van der Waals surface area contributed by atoms with E-state index in [2.05, 4.69) is 32.0 Å². The molecule has 1 saturated carbocycles. The van der Waals surface area contributed by atoms with E-state index in [0.29, 0.717) is 31.9 Å². The minimum absolute atomic E-state index is 0.0666. The number of hydrogen-bond donors (Lipinski definition) is 2. The number of allylic oxidation sites excluding steroid dienone is 2. The molecule has 4 aliphatic heterocycles. The number of nitrogens with zero attached hydrogens (tertiary/aromatic N) is 2. The molecule has 51 heavy (non-hydrogen) atoms. The van der Waals surface area contributed by atoms with Gasteiger partial charge in [0, 0.05) is 60.7 Å². The van der Waals surface area contributed by atoms with E-state index in [-0.39, 0.29) is 34.5 Å². The number of carbonyl (C=O) groups is 2. The summed E-state index contributed by atoms with van der Waals surface area (Å²) in [5.41, 5.74) is 3.22. The van der Waals surface area contributed by atoms with Crippen LogP contribution in [0.4, 0.5) is 5.69 Å². The van der Waals surface area contributed by atoms with Crippen LogP contribution >= 0.6 is 11.6 Å². The minimum atomic E-state index is -3.93. The number of amides is 1. The van der Waals surface area contributed by atoms with E-state index in [1.165, 1.54) is 56.6 Å². The van der Waals surface area contributed by atoms with Crippen LogP contribution in [-0.4, -0.2) is 82.2 Å². The molecule has 6 aliphatic rings. The van der Waals surface area contributed by atoms with Gasteiger partial charge in [0.2, 0.25) is 10.0 Å². The van der Waals surface area contributed by atoms with Crippen LogP contribution in [0.1, 0.15) is 86.7 Å². The number of aryl methyl sites for hydroxylation is 1.